The monoisotopic (exact) mass is 396 g/mol. The molecule has 2 rings (SSSR count). The lowest BCUT2D eigenvalue weighted by molar-refractivity contribution is -0.140. The third-order valence-corrected chi connectivity index (χ3v) is 6.33. The molecular formula is C26H36O3. The summed E-state index contributed by atoms with van der Waals surface area (Å²) in [5, 5.41) is 10.9. The van der Waals surface area contributed by atoms with E-state index in [1.54, 1.807) is 0 Å². The predicted octanol–water partition coefficient (Wildman–Crippen LogP) is 6.01. The summed E-state index contributed by atoms with van der Waals surface area (Å²) in [5.74, 6) is 8.27. The zero-order valence-electron chi connectivity index (χ0n) is 18.4. The maximum absolute atomic E-state index is 11.3. The van der Waals surface area contributed by atoms with Gasteiger partial charge in [0.25, 0.3) is 0 Å². The van der Waals surface area contributed by atoms with E-state index in [0.29, 0.717) is 48.7 Å². The van der Waals surface area contributed by atoms with Crippen LogP contribution < -0.4 is 0 Å². The number of rotatable bonds is 9. The van der Waals surface area contributed by atoms with Crippen molar-refractivity contribution in [1.82, 2.24) is 0 Å². The minimum absolute atomic E-state index is 0.199. The van der Waals surface area contributed by atoms with Crippen molar-refractivity contribution in [2.24, 2.45) is 17.8 Å². The van der Waals surface area contributed by atoms with Crippen LogP contribution in [0, 0.1) is 29.6 Å². The molecule has 29 heavy (non-hydrogen) atoms. The summed E-state index contributed by atoms with van der Waals surface area (Å²) < 4.78 is 4.71. The lowest BCUT2D eigenvalue weighted by atomic mass is 9.85. The van der Waals surface area contributed by atoms with Crippen LogP contribution in [0.4, 0.5) is 0 Å². The molecule has 1 aliphatic rings. The molecule has 4 atom stereocenters. The van der Waals surface area contributed by atoms with Gasteiger partial charge in [0.1, 0.15) is 5.75 Å². The van der Waals surface area contributed by atoms with Gasteiger partial charge in [0.15, 0.2) is 0 Å². The molecule has 158 valence electrons. The molecule has 0 saturated heterocycles. The molecule has 3 unspecified atom stereocenters. The molecule has 3 nitrogen and oxygen atoms in total. The van der Waals surface area contributed by atoms with Crippen LogP contribution in [0.3, 0.4) is 0 Å². The maximum atomic E-state index is 11.3. The zero-order chi connectivity index (χ0) is 21.2. The van der Waals surface area contributed by atoms with E-state index in [-0.39, 0.29) is 5.97 Å². The average molecular weight is 397 g/mol. The molecule has 0 spiro atoms. The summed E-state index contributed by atoms with van der Waals surface area (Å²) in [6, 6.07) is 6.07. The molecule has 0 aromatic heterocycles. The Bertz CT molecular complexity index is 753. The molecule has 1 saturated carbocycles. The Morgan fingerprint density at radius 3 is 2.86 bits per heavy atom. The molecule has 1 aromatic carbocycles. The highest BCUT2D eigenvalue weighted by Crippen LogP contribution is 2.44. The molecule has 0 amide bonds. The number of methoxy groups -OCH3 is 1. The van der Waals surface area contributed by atoms with Gasteiger partial charge in [-0.2, -0.15) is 0 Å². The molecular weight excluding hydrogens is 360 g/mol. The van der Waals surface area contributed by atoms with Crippen molar-refractivity contribution in [3.8, 4) is 17.6 Å². The first kappa shape index (κ1) is 23.1. The van der Waals surface area contributed by atoms with Crippen LogP contribution in [0.15, 0.2) is 30.4 Å². The molecule has 1 aromatic rings. The molecule has 1 N–H and O–H groups in total. The zero-order valence-corrected chi connectivity index (χ0v) is 18.4. The fourth-order valence-corrected chi connectivity index (χ4v) is 4.20. The number of para-hydroxylation sites is 1. The second kappa shape index (κ2) is 11.7. The third-order valence-electron chi connectivity index (χ3n) is 6.33. The highest BCUT2D eigenvalue weighted by atomic mass is 16.5. The van der Waals surface area contributed by atoms with Crippen LogP contribution >= 0.6 is 0 Å². The van der Waals surface area contributed by atoms with Crippen molar-refractivity contribution in [1.29, 1.82) is 0 Å². The number of phenols is 1. The van der Waals surface area contributed by atoms with Gasteiger partial charge in [0, 0.05) is 12.8 Å². The Kier molecular flexibility index (Phi) is 9.32. The molecule has 1 aliphatic carbocycles. The van der Waals surface area contributed by atoms with Crippen molar-refractivity contribution >= 4 is 5.97 Å². The van der Waals surface area contributed by atoms with Gasteiger partial charge < -0.3 is 9.84 Å². The Balaban J connectivity index is 2.06. The summed E-state index contributed by atoms with van der Waals surface area (Å²) in [6.07, 6.45) is 10.9. The van der Waals surface area contributed by atoms with Crippen molar-refractivity contribution in [3.05, 3.63) is 41.5 Å². The van der Waals surface area contributed by atoms with E-state index in [9.17, 15) is 9.90 Å². The number of esters is 1. The largest absolute Gasteiger partial charge is 0.507 e. The minimum atomic E-state index is -0.199. The van der Waals surface area contributed by atoms with Gasteiger partial charge in [-0.15, -0.1) is 11.8 Å². The summed E-state index contributed by atoms with van der Waals surface area (Å²) >= 11 is 0. The molecule has 0 aliphatic heterocycles. The minimum Gasteiger partial charge on any atom is -0.507 e. The van der Waals surface area contributed by atoms with E-state index in [0.717, 1.165) is 24.0 Å². The van der Waals surface area contributed by atoms with Crippen LogP contribution in [0.2, 0.25) is 0 Å². The fourth-order valence-electron chi connectivity index (χ4n) is 4.20. The van der Waals surface area contributed by atoms with Gasteiger partial charge in [-0.25, -0.2) is 0 Å². The second-order valence-corrected chi connectivity index (χ2v) is 8.34. The quantitative estimate of drug-likeness (QED) is 0.316. The normalized spacial score (nSPS) is 20.8. The van der Waals surface area contributed by atoms with E-state index in [4.69, 9.17) is 4.74 Å². The summed E-state index contributed by atoms with van der Waals surface area (Å²) in [6.45, 7) is 6.42. The number of aryl methyl sites for hydroxylation is 1. The van der Waals surface area contributed by atoms with Crippen molar-refractivity contribution in [3.63, 3.8) is 0 Å². The van der Waals surface area contributed by atoms with E-state index < -0.39 is 0 Å². The Labute approximate surface area is 176 Å². The number of phenolic OH excluding ortho intramolecular Hbond substituents is 1. The van der Waals surface area contributed by atoms with Crippen LogP contribution in [0.25, 0.3) is 0 Å². The number of allylic oxidation sites excluding steroid dienone is 2. The lowest BCUT2D eigenvalue weighted by Crippen LogP contribution is -2.08. The smallest absolute Gasteiger partial charge is 0.305 e. The number of hydrogen-bond acceptors (Lipinski definition) is 3. The van der Waals surface area contributed by atoms with Gasteiger partial charge in [-0.05, 0) is 67.4 Å². The van der Waals surface area contributed by atoms with Crippen molar-refractivity contribution in [2.45, 2.75) is 71.6 Å². The number of aromatic hydroxyl groups is 1. The van der Waals surface area contributed by atoms with Gasteiger partial charge in [-0.3, -0.25) is 4.79 Å². The van der Waals surface area contributed by atoms with Crippen LogP contribution in [-0.4, -0.2) is 18.2 Å². The number of ether oxygens (including phenoxy) is 1. The van der Waals surface area contributed by atoms with Crippen LogP contribution in [0.5, 0.6) is 5.75 Å². The van der Waals surface area contributed by atoms with Crippen molar-refractivity contribution < 1.29 is 14.6 Å². The van der Waals surface area contributed by atoms with Gasteiger partial charge >= 0.3 is 5.97 Å². The maximum Gasteiger partial charge on any atom is 0.305 e. The first-order valence-corrected chi connectivity index (χ1v) is 10.9. The highest BCUT2D eigenvalue weighted by molar-refractivity contribution is 5.69. The molecule has 3 heteroatoms. The second-order valence-electron chi connectivity index (χ2n) is 8.34. The topological polar surface area (TPSA) is 46.5 Å². The SMILES string of the molecule is CC#CCC(C)C(C)/C=C/C1CCC[C@@H]1c1cccc(CCCC(=O)OC)c1O. The summed E-state index contributed by atoms with van der Waals surface area (Å²) in [4.78, 5) is 11.3. The van der Waals surface area contributed by atoms with E-state index >= 15 is 0 Å². The highest BCUT2D eigenvalue weighted by Gasteiger charge is 2.29. The van der Waals surface area contributed by atoms with E-state index in [1.165, 1.54) is 20.0 Å². The number of carbonyl (C=O) groups excluding carboxylic acids is 1. The van der Waals surface area contributed by atoms with Gasteiger partial charge in [-0.1, -0.05) is 50.6 Å². The Hall–Kier alpha value is -2.21. The lowest BCUT2D eigenvalue weighted by Gasteiger charge is -2.21. The number of hydrogen-bond donors (Lipinski definition) is 1. The average Bonchev–Trinajstić information content (AvgIpc) is 3.19. The van der Waals surface area contributed by atoms with Crippen molar-refractivity contribution in [2.75, 3.05) is 7.11 Å². The third kappa shape index (κ3) is 6.67. The standard InChI is InChI=1S/C26H36O3/c1-5-6-10-19(2)20(3)17-18-21-11-7-14-23(21)24-15-8-12-22(26(24)28)13-9-16-25(27)29-4/h8,12,15,17-21,23,28H,7,9-11,13-14,16H2,1-4H3/b18-17+/t19?,20?,21?,23-/m0/s1. The Morgan fingerprint density at radius 2 is 2.14 bits per heavy atom. The molecule has 0 bridgehead atoms. The molecule has 0 heterocycles. The summed E-state index contributed by atoms with van der Waals surface area (Å²) in [5.41, 5.74) is 1.99. The number of benzene rings is 1. The van der Waals surface area contributed by atoms with Gasteiger partial charge in [0.05, 0.1) is 7.11 Å². The Morgan fingerprint density at radius 1 is 1.34 bits per heavy atom. The predicted molar refractivity (Wildman–Crippen MR) is 119 cm³/mol. The first-order valence-electron chi connectivity index (χ1n) is 10.9. The fraction of sp³-hybridized carbons (Fsp3) is 0.577. The van der Waals surface area contributed by atoms with E-state index in [1.807, 2.05) is 19.1 Å². The van der Waals surface area contributed by atoms with Gasteiger partial charge in [0.2, 0.25) is 0 Å². The summed E-state index contributed by atoms with van der Waals surface area (Å²) in [7, 11) is 1.41. The molecule has 1 fully saturated rings. The molecule has 0 radical (unpaired) electrons. The first-order chi connectivity index (χ1) is 14.0. The van der Waals surface area contributed by atoms with Crippen LogP contribution in [0.1, 0.15) is 76.3 Å². The van der Waals surface area contributed by atoms with Crippen LogP contribution in [-0.2, 0) is 16.0 Å². The van der Waals surface area contributed by atoms with E-state index in [2.05, 4.69) is 43.9 Å². The number of carbonyl (C=O) groups is 1.